The lowest BCUT2D eigenvalue weighted by molar-refractivity contribution is -0.149. The van der Waals surface area contributed by atoms with Gasteiger partial charge in [0, 0.05) is 38.5 Å². The van der Waals surface area contributed by atoms with Crippen LogP contribution in [0.1, 0.15) is 50.7 Å². The molecular weight excluding hydrogens is 448 g/mol. The number of aliphatic carboxylic acids is 1. The minimum Gasteiger partial charge on any atom is -0.479 e. The van der Waals surface area contributed by atoms with Gasteiger partial charge in [-0.25, -0.2) is 9.59 Å². The van der Waals surface area contributed by atoms with Crippen LogP contribution in [0.25, 0.3) is 11.1 Å². The van der Waals surface area contributed by atoms with E-state index in [1.54, 1.807) is 0 Å². The van der Waals surface area contributed by atoms with Gasteiger partial charge in [0.2, 0.25) is 5.91 Å². The number of carbonyl (C=O) groups is 3. The number of amides is 2. The second-order valence-electron chi connectivity index (χ2n) is 9.79. The minimum absolute atomic E-state index is 0.0401. The summed E-state index contributed by atoms with van der Waals surface area (Å²) >= 11 is 0. The summed E-state index contributed by atoms with van der Waals surface area (Å²) in [6, 6.07) is 15.8. The Morgan fingerprint density at radius 3 is 2.09 bits per heavy atom. The van der Waals surface area contributed by atoms with Crippen LogP contribution in [-0.2, 0) is 19.1 Å². The Kier molecular flexibility index (Phi) is 8.51. The number of ether oxygens (including phenoxy) is 2. The highest BCUT2D eigenvalue weighted by Crippen LogP contribution is 2.44. The van der Waals surface area contributed by atoms with E-state index < -0.39 is 29.6 Å². The summed E-state index contributed by atoms with van der Waals surface area (Å²) in [4.78, 5) is 36.2. The van der Waals surface area contributed by atoms with E-state index in [1.807, 2.05) is 45.0 Å². The summed E-state index contributed by atoms with van der Waals surface area (Å²) in [6.45, 7) is 6.14. The standard InChI is InChI=1S/C27H34N2O6/c1-27(2,3)23(15-24(30)28-14-13-22(34-4)25(31)32)29-26(33)35-16-21-19-11-7-5-9-17(19)18-10-6-8-12-20(18)21/h5-12,21-23H,13-16H2,1-4H3,(H,28,30)(H,29,33)(H,31,32). The van der Waals surface area contributed by atoms with Crippen molar-refractivity contribution >= 4 is 18.0 Å². The molecule has 1 aliphatic carbocycles. The molecule has 2 amide bonds. The fraction of sp³-hybridized carbons (Fsp3) is 0.444. The largest absolute Gasteiger partial charge is 0.479 e. The zero-order chi connectivity index (χ0) is 25.6. The number of nitrogens with one attached hydrogen (secondary N) is 2. The number of benzene rings is 2. The van der Waals surface area contributed by atoms with Crippen molar-refractivity contribution in [3.8, 4) is 11.1 Å². The molecule has 1 aliphatic rings. The lowest BCUT2D eigenvalue weighted by Crippen LogP contribution is -2.47. The van der Waals surface area contributed by atoms with Crippen molar-refractivity contribution in [3.05, 3.63) is 59.7 Å². The van der Waals surface area contributed by atoms with Crippen LogP contribution in [0.4, 0.5) is 4.79 Å². The van der Waals surface area contributed by atoms with Gasteiger partial charge in [-0.3, -0.25) is 4.79 Å². The number of carboxylic acids is 1. The van der Waals surface area contributed by atoms with E-state index in [-0.39, 0.29) is 37.8 Å². The van der Waals surface area contributed by atoms with Gasteiger partial charge in [0.15, 0.2) is 6.10 Å². The van der Waals surface area contributed by atoms with E-state index >= 15 is 0 Å². The number of hydrogen-bond donors (Lipinski definition) is 3. The summed E-state index contributed by atoms with van der Waals surface area (Å²) in [5.74, 6) is -1.41. The summed E-state index contributed by atoms with van der Waals surface area (Å²) in [7, 11) is 1.31. The van der Waals surface area contributed by atoms with E-state index in [2.05, 4.69) is 34.9 Å². The van der Waals surface area contributed by atoms with Crippen LogP contribution >= 0.6 is 0 Å². The molecule has 188 valence electrons. The maximum atomic E-state index is 12.7. The molecule has 0 saturated heterocycles. The monoisotopic (exact) mass is 482 g/mol. The highest BCUT2D eigenvalue weighted by atomic mass is 16.5. The molecular formula is C27H34N2O6. The molecule has 0 radical (unpaired) electrons. The third-order valence-electron chi connectivity index (χ3n) is 6.36. The van der Waals surface area contributed by atoms with Gasteiger partial charge < -0.3 is 25.2 Å². The van der Waals surface area contributed by atoms with Crippen LogP contribution in [0, 0.1) is 5.41 Å². The molecule has 0 bridgehead atoms. The van der Waals surface area contributed by atoms with E-state index in [0.717, 1.165) is 22.3 Å². The van der Waals surface area contributed by atoms with Crippen molar-refractivity contribution in [2.45, 2.75) is 51.7 Å². The Bertz CT molecular complexity index is 1020. The van der Waals surface area contributed by atoms with Crippen molar-refractivity contribution in [2.24, 2.45) is 5.41 Å². The molecule has 35 heavy (non-hydrogen) atoms. The van der Waals surface area contributed by atoms with Crippen LogP contribution in [0.3, 0.4) is 0 Å². The number of rotatable bonds is 10. The Morgan fingerprint density at radius 2 is 1.57 bits per heavy atom. The first-order valence-electron chi connectivity index (χ1n) is 11.8. The molecule has 2 aromatic carbocycles. The Balaban J connectivity index is 1.57. The first kappa shape index (κ1) is 26.2. The predicted octanol–water partition coefficient (Wildman–Crippen LogP) is 3.94. The first-order chi connectivity index (χ1) is 16.6. The van der Waals surface area contributed by atoms with E-state index in [9.17, 15) is 14.4 Å². The average Bonchev–Trinajstić information content (AvgIpc) is 3.13. The first-order valence-corrected chi connectivity index (χ1v) is 11.8. The van der Waals surface area contributed by atoms with Crippen molar-refractivity contribution in [3.63, 3.8) is 0 Å². The second kappa shape index (κ2) is 11.4. The summed E-state index contributed by atoms with van der Waals surface area (Å²) in [5, 5.41) is 14.6. The van der Waals surface area contributed by atoms with Crippen LogP contribution in [0.5, 0.6) is 0 Å². The molecule has 2 aromatic rings. The number of methoxy groups -OCH3 is 1. The van der Waals surface area contributed by atoms with Gasteiger partial charge in [0.1, 0.15) is 6.61 Å². The number of hydrogen-bond acceptors (Lipinski definition) is 5. The lowest BCUT2D eigenvalue weighted by Gasteiger charge is -2.31. The SMILES string of the molecule is COC(CCNC(=O)CC(NC(=O)OCC1c2ccccc2-c2ccccc21)C(C)(C)C)C(=O)O. The van der Waals surface area contributed by atoms with E-state index in [0.29, 0.717) is 0 Å². The molecule has 2 unspecified atom stereocenters. The molecule has 0 heterocycles. The molecule has 0 fully saturated rings. The van der Waals surface area contributed by atoms with Crippen LogP contribution < -0.4 is 10.6 Å². The summed E-state index contributed by atoms with van der Waals surface area (Å²) in [5.41, 5.74) is 4.16. The lowest BCUT2D eigenvalue weighted by atomic mass is 9.84. The van der Waals surface area contributed by atoms with Crippen LogP contribution in [0.15, 0.2) is 48.5 Å². The zero-order valence-electron chi connectivity index (χ0n) is 20.7. The third kappa shape index (κ3) is 6.60. The van der Waals surface area contributed by atoms with Gasteiger partial charge in [-0.05, 0) is 27.7 Å². The molecule has 0 spiro atoms. The smallest absolute Gasteiger partial charge is 0.407 e. The predicted molar refractivity (Wildman–Crippen MR) is 132 cm³/mol. The number of fused-ring (bicyclic) bond motifs is 3. The number of carbonyl (C=O) groups excluding carboxylic acids is 2. The Morgan fingerprint density at radius 1 is 1.00 bits per heavy atom. The third-order valence-corrected chi connectivity index (χ3v) is 6.36. The highest BCUT2D eigenvalue weighted by molar-refractivity contribution is 5.80. The molecule has 3 rings (SSSR count). The summed E-state index contributed by atoms with van der Waals surface area (Å²) in [6.07, 6.45) is -1.37. The van der Waals surface area contributed by atoms with Gasteiger partial charge in [-0.1, -0.05) is 69.3 Å². The van der Waals surface area contributed by atoms with Gasteiger partial charge in [0.05, 0.1) is 0 Å². The number of alkyl carbamates (subject to hydrolysis) is 1. The molecule has 0 aliphatic heterocycles. The van der Waals surface area contributed by atoms with Crippen LogP contribution in [-0.4, -0.2) is 55.5 Å². The van der Waals surface area contributed by atoms with Crippen molar-refractivity contribution < 1.29 is 29.0 Å². The maximum absolute atomic E-state index is 12.7. The van der Waals surface area contributed by atoms with Gasteiger partial charge in [-0.2, -0.15) is 0 Å². The molecule has 8 heteroatoms. The van der Waals surface area contributed by atoms with Crippen molar-refractivity contribution in [1.82, 2.24) is 10.6 Å². The van der Waals surface area contributed by atoms with Crippen molar-refractivity contribution in [2.75, 3.05) is 20.3 Å². The molecule has 3 N–H and O–H groups in total. The Labute approximate surface area is 206 Å². The summed E-state index contributed by atoms with van der Waals surface area (Å²) < 4.78 is 10.5. The molecule has 0 aromatic heterocycles. The highest BCUT2D eigenvalue weighted by Gasteiger charge is 2.32. The fourth-order valence-corrected chi connectivity index (χ4v) is 4.30. The molecule has 2 atom stereocenters. The number of carboxylic acid groups (broad SMARTS) is 1. The van der Waals surface area contributed by atoms with Gasteiger partial charge >= 0.3 is 12.1 Å². The van der Waals surface area contributed by atoms with Gasteiger partial charge in [-0.15, -0.1) is 0 Å². The maximum Gasteiger partial charge on any atom is 0.407 e. The van der Waals surface area contributed by atoms with E-state index in [4.69, 9.17) is 14.6 Å². The van der Waals surface area contributed by atoms with Crippen molar-refractivity contribution in [1.29, 1.82) is 0 Å². The second-order valence-corrected chi connectivity index (χ2v) is 9.79. The Hall–Kier alpha value is -3.39. The molecule has 8 nitrogen and oxygen atoms in total. The average molecular weight is 483 g/mol. The minimum atomic E-state index is -1.08. The topological polar surface area (TPSA) is 114 Å². The quantitative estimate of drug-likeness (QED) is 0.473. The van der Waals surface area contributed by atoms with E-state index in [1.165, 1.54) is 7.11 Å². The van der Waals surface area contributed by atoms with Gasteiger partial charge in [0.25, 0.3) is 0 Å². The molecule has 0 saturated carbocycles. The van der Waals surface area contributed by atoms with Crippen LogP contribution in [0.2, 0.25) is 0 Å². The fourth-order valence-electron chi connectivity index (χ4n) is 4.30. The normalized spacial score (nSPS) is 14.4. The zero-order valence-corrected chi connectivity index (χ0v) is 20.7.